The second-order valence-electron chi connectivity index (χ2n) is 6.49. The molecule has 1 amide bonds. The van der Waals surface area contributed by atoms with Crippen LogP contribution in [0.1, 0.15) is 54.2 Å². The van der Waals surface area contributed by atoms with Crippen molar-refractivity contribution in [1.29, 1.82) is 0 Å². The number of carbonyl (C=O) groups excluding carboxylic acids is 1. The van der Waals surface area contributed by atoms with Gasteiger partial charge in [0.05, 0.1) is 12.8 Å². The highest BCUT2D eigenvalue weighted by molar-refractivity contribution is 7.98. The third kappa shape index (κ3) is 4.80. The number of rotatable bonds is 8. The SMILES string of the molecule is CCn1c(SCc2ccc(C(=O)NCc3ccco3)cc2)nnc1C(C)C. The van der Waals surface area contributed by atoms with Crippen molar-refractivity contribution < 1.29 is 9.21 Å². The van der Waals surface area contributed by atoms with Crippen LogP contribution in [0.5, 0.6) is 0 Å². The molecule has 0 saturated heterocycles. The van der Waals surface area contributed by atoms with Crippen LogP contribution in [0.25, 0.3) is 0 Å². The average Bonchev–Trinajstić information content (AvgIpc) is 3.34. The zero-order valence-corrected chi connectivity index (χ0v) is 16.6. The maximum atomic E-state index is 12.2. The molecule has 0 saturated carbocycles. The number of hydrogen-bond donors (Lipinski definition) is 1. The van der Waals surface area contributed by atoms with Crippen LogP contribution in [0.2, 0.25) is 0 Å². The largest absolute Gasteiger partial charge is 0.467 e. The highest BCUT2D eigenvalue weighted by Gasteiger charge is 2.14. The van der Waals surface area contributed by atoms with Gasteiger partial charge in [0.2, 0.25) is 0 Å². The summed E-state index contributed by atoms with van der Waals surface area (Å²) < 4.78 is 7.38. The van der Waals surface area contributed by atoms with E-state index in [1.54, 1.807) is 24.1 Å². The fourth-order valence-electron chi connectivity index (χ4n) is 2.71. The van der Waals surface area contributed by atoms with Crippen molar-refractivity contribution in [2.24, 2.45) is 0 Å². The lowest BCUT2D eigenvalue weighted by Gasteiger charge is -2.09. The number of benzene rings is 1. The molecular formula is C20H24N4O2S. The lowest BCUT2D eigenvalue weighted by molar-refractivity contribution is 0.0948. The normalized spacial score (nSPS) is 11.1. The van der Waals surface area contributed by atoms with Crippen LogP contribution < -0.4 is 5.32 Å². The summed E-state index contributed by atoms with van der Waals surface area (Å²) in [5.74, 6) is 2.77. The molecule has 0 aliphatic rings. The highest BCUT2D eigenvalue weighted by atomic mass is 32.2. The Kier molecular flexibility index (Phi) is 6.34. The quantitative estimate of drug-likeness (QED) is 0.588. The lowest BCUT2D eigenvalue weighted by atomic mass is 10.1. The van der Waals surface area contributed by atoms with Crippen molar-refractivity contribution in [3.63, 3.8) is 0 Å². The second kappa shape index (κ2) is 8.90. The smallest absolute Gasteiger partial charge is 0.251 e. The molecule has 2 heterocycles. The molecule has 0 radical (unpaired) electrons. The number of furan rings is 1. The van der Waals surface area contributed by atoms with Crippen molar-refractivity contribution in [2.45, 2.75) is 50.7 Å². The van der Waals surface area contributed by atoms with E-state index in [2.05, 4.69) is 40.9 Å². The number of nitrogens with zero attached hydrogens (tertiary/aromatic N) is 3. The first-order chi connectivity index (χ1) is 13.1. The second-order valence-corrected chi connectivity index (χ2v) is 7.43. The Morgan fingerprint density at radius 1 is 1.22 bits per heavy atom. The Morgan fingerprint density at radius 2 is 2.00 bits per heavy atom. The molecule has 0 fully saturated rings. The molecule has 0 aliphatic heterocycles. The van der Waals surface area contributed by atoms with E-state index in [0.717, 1.165) is 34.6 Å². The Morgan fingerprint density at radius 3 is 2.63 bits per heavy atom. The lowest BCUT2D eigenvalue weighted by Crippen LogP contribution is -2.22. The Balaban J connectivity index is 1.57. The van der Waals surface area contributed by atoms with Gasteiger partial charge in [0.1, 0.15) is 11.6 Å². The van der Waals surface area contributed by atoms with Crippen LogP contribution in [-0.2, 0) is 18.8 Å². The molecule has 0 atom stereocenters. The molecule has 0 bridgehead atoms. The molecule has 0 spiro atoms. The van der Waals surface area contributed by atoms with Crippen molar-refractivity contribution in [3.05, 3.63) is 65.4 Å². The van der Waals surface area contributed by atoms with Gasteiger partial charge in [0.25, 0.3) is 5.91 Å². The van der Waals surface area contributed by atoms with Crippen molar-refractivity contribution in [3.8, 4) is 0 Å². The zero-order valence-electron chi connectivity index (χ0n) is 15.8. The summed E-state index contributed by atoms with van der Waals surface area (Å²) in [6.07, 6.45) is 1.59. The summed E-state index contributed by atoms with van der Waals surface area (Å²) in [6.45, 7) is 7.60. The number of hydrogen-bond acceptors (Lipinski definition) is 5. The van der Waals surface area contributed by atoms with E-state index >= 15 is 0 Å². The van der Waals surface area contributed by atoms with E-state index < -0.39 is 0 Å². The third-order valence-corrected chi connectivity index (χ3v) is 5.20. The molecule has 142 valence electrons. The fourth-order valence-corrected chi connectivity index (χ4v) is 3.68. The summed E-state index contributed by atoms with van der Waals surface area (Å²) in [5.41, 5.74) is 1.77. The number of amides is 1. The molecule has 1 aromatic carbocycles. The summed E-state index contributed by atoms with van der Waals surface area (Å²) >= 11 is 1.66. The van der Waals surface area contributed by atoms with E-state index in [9.17, 15) is 4.79 Å². The van der Waals surface area contributed by atoms with Gasteiger partial charge in [-0.05, 0) is 36.8 Å². The molecule has 0 aliphatic carbocycles. The minimum atomic E-state index is -0.113. The molecule has 0 unspecified atom stereocenters. The van der Waals surface area contributed by atoms with E-state index in [4.69, 9.17) is 4.42 Å². The summed E-state index contributed by atoms with van der Waals surface area (Å²) in [7, 11) is 0. The number of thioether (sulfide) groups is 1. The van der Waals surface area contributed by atoms with Crippen LogP contribution in [0.15, 0.2) is 52.2 Å². The van der Waals surface area contributed by atoms with E-state index in [0.29, 0.717) is 18.0 Å². The minimum Gasteiger partial charge on any atom is -0.467 e. The topological polar surface area (TPSA) is 73.0 Å². The third-order valence-electron chi connectivity index (χ3n) is 4.17. The average molecular weight is 385 g/mol. The molecule has 2 aromatic heterocycles. The first-order valence-electron chi connectivity index (χ1n) is 9.04. The summed E-state index contributed by atoms with van der Waals surface area (Å²) in [4.78, 5) is 12.2. The first kappa shape index (κ1) is 19.2. The first-order valence-corrected chi connectivity index (χ1v) is 10.0. The number of aromatic nitrogens is 3. The van der Waals surface area contributed by atoms with Gasteiger partial charge in [-0.3, -0.25) is 4.79 Å². The standard InChI is InChI=1S/C20H24N4O2S/c1-4-24-18(14(2)3)22-23-20(24)27-13-15-7-9-16(10-8-15)19(25)21-12-17-6-5-11-26-17/h5-11,14H,4,12-13H2,1-3H3,(H,21,25). The predicted octanol–water partition coefficient (Wildman–Crippen LogP) is 4.24. The van der Waals surface area contributed by atoms with Crippen molar-refractivity contribution >= 4 is 17.7 Å². The molecule has 27 heavy (non-hydrogen) atoms. The Hall–Kier alpha value is -2.54. The minimum absolute atomic E-state index is 0.113. The van der Waals surface area contributed by atoms with Crippen LogP contribution >= 0.6 is 11.8 Å². The van der Waals surface area contributed by atoms with Gasteiger partial charge in [-0.1, -0.05) is 37.7 Å². The van der Waals surface area contributed by atoms with Gasteiger partial charge < -0.3 is 14.3 Å². The van der Waals surface area contributed by atoms with Crippen LogP contribution in [0.4, 0.5) is 0 Å². The molecule has 6 nitrogen and oxygen atoms in total. The van der Waals surface area contributed by atoms with Gasteiger partial charge in [0.15, 0.2) is 5.16 Å². The highest BCUT2D eigenvalue weighted by Crippen LogP contribution is 2.24. The van der Waals surface area contributed by atoms with Gasteiger partial charge in [-0.25, -0.2) is 0 Å². The maximum Gasteiger partial charge on any atom is 0.251 e. The van der Waals surface area contributed by atoms with Crippen LogP contribution in [0.3, 0.4) is 0 Å². The monoisotopic (exact) mass is 384 g/mol. The molecule has 3 aromatic rings. The molecule has 1 N–H and O–H groups in total. The van der Waals surface area contributed by atoms with E-state index in [1.165, 1.54) is 0 Å². The van der Waals surface area contributed by atoms with Gasteiger partial charge in [-0.2, -0.15) is 0 Å². The number of nitrogens with one attached hydrogen (secondary N) is 1. The van der Waals surface area contributed by atoms with Gasteiger partial charge in [-0.15, -0.1) is 10.2 Å². The summed E-state index contributed by atoms with van der Waals surface area (Å²) in [5, 5.41) is 12.4. The van der Waals surface area contributed by atoms with Crippen LogP contribution in [0, 0.1) is 0 Å². The summed E-state index contributed by atoms with van der Waals surface area (Å²) in [6, 6.07) is 11.3. The van der Waals surface area contributed by atoms with Gasteiger partial charge >= 0.3 is 0 Å². The predicted molar refractivity (Wildman–Crippen MR) is 106 cm³/mol. The van der Waals surface area contributed by atoms with Crippen LogP contribution in [-0.4, -0.2) is 20.7 Å². The molecule has 3 rings (SSSR count). The molecular weight excluding hydrogens is 360 g/mol. The van der Waals surface area contributed by atoms with E-state index in [-0.39, 0.29) is 5.91 Å². The zero-order chi connectivity index (χ0) is 19.2. The fraction of sp³-hybridized carbons (Fsp3) is 0.350. The Labute approximate surface area is 163 Å². The van der Waals surface area contributed by atoms with Crippen molar-refractivity contribution in [2.75, 3.05) is 0 Å². The number of carbonyl (C=O) groups is 1. The van der Waals surface area contributed by atoms with E-state index in [1.807, 2.05) is 30.3 Å². The maximum absolute atomic E-state index is 12.2. The van der Waals surface area contributed by atoms with Gasteiger partial charge in [0, 0.05) is 23.8 Å². The molecule has 7 heteroatoms. The Bertz CT molecular complexity index is 870. The van der Waals surface area contributed by atoms with Crippen molar-refractivity contribution in [1.82, 2.24) is 20.1 Å².